The minimum absolute atomic E-state index is 0.0198. The molecule has 10 nitrogen and oxygen atoms in total. The van der Waals surface area contributed by atoms with Crippen LogP contribution in [-0.4, -0.2) is 98.0 Å². The Balaban J connectivity index is 1.34. The zero-order valence-corrected chi connectivity index (χ0v) is 22.9. The highest BCUT2D eigenvalue weighted by Crippen LogP contribution is 2.32. The van der Waals surface area contributed by atoms with Crippen molar-refractivity contribution in [2.75, 3.05) is 65.0 Å². The van der Waals surface area contributed by atoms with Gasteiger partial charge in [0.1, 0.15) is 11.5 Å². The Morgan fingerprint density at radius 1 is 1.08 bits per heavy atom. The molecule has 1 aromatic carbocycles. The second kappa shape index (κ2) is 12.9. The lowest BCUT2D eigenvalue weighted by Gasteiger charge is -2.36. The van der Waals surface area contributed by atoms with E-state index >= 15 is 0 Å². The molecule has 2 saturated heterocycles. The summed E-state index contributed by atoms with van der Waals surface area (Å²) in [5, 5.41) is 8.87. The van der Waals surface area contributed by atoms with Crippen molar-refractivity contribution in [2.24, 2.45) is 5.92 Å². The lowest BCUT2D eigenvalue weighted by Crippen LogP contribution is -2.52. The SMILES string of the molecule is COc1ccc(-c2ccc(N3CCN(C(=O)CN(CC4CCCO4)C(=O)CC(C)C)CC3)nn2)c(OC)c1. The van der Waals surface area contributed by atoms with Crippen molar-refractivity contribution in [1.82, 2.24) is 20.0 Å². The molecule has 206 valence electrons. The van der Waals surface area contributed by atoms with Crippen LogP contribution in [0, 0.1) is 5.92 Å². The Labute approximate surface area is 224 Å². The van der Waals surface area contributed by atoms with Crippen molar-refractivity contribution in [1.29, 1.82) is 0 Å². The average molecular weight is 526 g/mol. The summed E-state index contributed by atoms with van der Waals surface area (Å²) in [5.74, 6) is 2.38. The van der Waals surface area contributed by atoms with Gasteiger partial charge in [0.25, 0.3) is 0 Å². The standard InChI is InChI=1S/C28H39N5O5/c1-20(2)16-27(34)33(18-22-6-5-15-38-22)19-28(35)32-13-11-31(12-14-32)26-10-9-24(29-30-26)23-8-7-21(36-3)17-25(23)37-4/h7-10,17,20,22H,5-6,11-16,18-19H2,1-4H3. The normalized spacial score (nSPS) is 17.6. The molecule has 0 bridgehead atoms. The van der Waals surface area contributed by atoms with E-state index < -0.39 is 0 Å². The summed E-state index contributed by atoms with van der Waals surface area (Å²) in [6.45, 7) is 7.79. The Bertz CT molecular complexity index is 1080. The molecule has 2 aliphatic heterocycles. The molecular weight excluding hydrogens is 486 g/mol. The number of aromatic nitrogens is 2. The van der Waals surface area contributed by atoms with Gasteiger partial charge in [-0.05, 0) is 43.0 Å². The van der Waals surface area contributed by atoms with E-state index in [9.17, 15) is 9.59 Å². The summed E-state index contributed by atoms with van der Waals surface area (Å²) in [7, 11) is 3.23. The lowest BCUT2D eigenvalue weighted by atomic mass is 10.1. The van der Waals surface area contributed by atoms with Gasteiger partial charge in [-0.25, -0.2) is 0 Å². The summed E-state index contributed by atoms with van der Waals surface area (Å²) >= 11 is 0. The topological polar surface area (TPSA) is 97.3 Å². The van der Waals surface area contributed by atoms with E-state index in [0.717, 1.165) is 30.8 Å². The van der Waals surface area contributed by atoms with E-state index in [1.165, 1.54) is 0 Å². The molecule has 0 aliphatic carbocycles. The Morgan fingerprint density at radius 3 is 2.47 bits per heavy atom. The van der Waals surface area contributed by atoms with Gasteiger partial charge in [-0.15, -0.1) is 10.2 Å². The fourth-order valence-corrected chi connectivity index (χ4v) is 4.86. The average Bonchev–Trinajstić information content (AvgIpc) is 3.45. The van der Waals surface area contributed by atoms with Crippen molar-refractivity contribution in [2.45, 2.75) is 39.2 Å². The number of rotatable bonds is 10. The largest absolute Gasteiger partial charge is 0.497 e. The van der Waals surface area contributed by atoms with Crippen molar-refractivity contribution in [3.05, 3.63) is 30.3 Å². The fourth-order valence-electron chi connectivity index (χ4n) is 4.86. The van der Waals surface area contributed by atoms with E-state index in [-0.39, 0.29) is 30.4 Å². The van der Waals surface area contributed by atoms with Crippen LogP contribution in [0.15, 0.2) is 30.3 Å². The number of carbonyl (C=O) groups is 2. The molecule has 1 atom stereocenters. The summed E-state index contributed by atoms with van der Waals surface area (Å²) in [4.78, 5) is 31.7. The predicted octanol–water partition coefficient (Wildman–Crippen LogP) is 2.86. The Kier molecular flexibility index (Phi) is 9.38. The first kappa shape index (κ1) is 27.6. The first-order valence-electron chi connectivity index (χ1n) is 13.4. The first-order chi connectivity index (χ1) is 18.4. The molecule has 2 fully saturated rings. The molecule has 4 rings (SSSR count). The van der Waals surface area contributed by atoms with Gasteiger partial charge in [0.05, 0.1) is 32.6 Å². The van der Waals surface area contributed by atoms with Gasteiger partial charge in [0.2, 0.25) is 11.8 Å². The number of methoxy groups -OCH3 is 2. The highest BCUT2D eigenvalue weighted by molar-refractivity contribution is 5.85. The third kappa shape index (κ3) is 6.92. The van der Waals surface area contributed by atoms with E-state index in [2.05, 4.69) is 15.1 Å². The van der Waals surface area contributed by atoms with E-state index in [1.54, 1.807) is 19.1 Å². The van der Waals surface area contributed by atoms with E-state index in [1.807, 2.05) is 49.1 Å². The van der Waals surface area contributed by atoms with Crippen molar-refractivity contribution in [3.8, 4) is 22.8 Å². The molecule has 10 heteroatoms. The maximum absolute atomic E-state index is 13.1. The number of amides is 2. The van der Waals surface area contributed by atoms with Crippen LogP contribution in [0.2, 0.25) is 0 Å². The zero-order valence-electron chi connectivity index (χ0n) is 22.9. The van der Waals surface area contributed by atoms with Gasteiger partial charge in [-0.2, -0.15) is 0 Å². The number of piperazine rings is 1. The quantitative estimate of drug-likeness (QED) is 0.467. The van der Waals surface area contributed by atoms with Crippen LogP contribution in [-0.2, 0) is 14.3 Å². The van der Waals surface area contributed by atoms with Gasteiger partial charge in [0.15, 0.2) is 5.82 Å². The molecule has 1 aromatic heterocycles. The summed E-state index contributed by atoms with van der Waals surface area (Å²) < 4.78 is 16.5. The third-order valence-corrected chi connectivity index (χ3v) is 7.00. The minimum Gasteiger partial charge on any atom is -0.497 e. The second-order valence-electron chi connectivity index (χ2n) is 10.2. The predicted molar refractivity (Wildman–Crippen MR) is 144 cm³/mol. The number of ether oxygens (including phenoxy) is 3. The molecule has 0 saturated carbocycles. The molecule has 0 N–H and O–H groups in total. The van der Waals surface area contributed by atoms with Crippen LogP contribution in [0.3, 0.4) is 0 Å². The molecule has 0 radical (unpaired) electrons. The van der Waals surface area contributed by atoms with Crippen molar-refractivity contribution >= 4 is 17.6 Å². The maximum Gasteiger partial charge on any atom is 0.242 e. The number of nitrogens with zero attached hydrogens (tertiary/aromatic N) is 5. The van der Waals surface area contributed by atoms with Crippen LogP contribution in [0.25, 0.3) is 11.3 Å². The smallest absolute Gasteiger partial charge is 0.242 e. The minimum atomic E-state index is -0.0206. The van der Waals surface area contributed by atoms with Gasteiger partial charge >= 0.3 is 0 Å². The molecular formula is C28H39N5O5. The molecule has 2 amide bonds. The molecule has 1 unspecified atom stereocenters. The van der Waals surface area contributed by atoms with Crippen LogP contribution in [0.4, 0.5) is 5.82 Å². The van der Waals surface area contributed by atoms with Gasteiger partial charge in [-0.1, -0.05) is 13.8 Å². The monoisotopic (exact) mass is 525 g/mol. The lowest BCUT2D eigenvalue weighted by molar-refractivity contribution is -0.142. The number of hydrogen-bond acceptors (Lipinski definition) is 8. The number of carbonyl (C=O) groups excluding carboxylic acids is 2. The van der Waals surface area contributed by atoms with Crippen molar-refractivity contribution < 1.29 is 23.8 Å². The van der Waals surface area contributed by atoms with Gasteiger partial charge < -0.3 is 28.9 Å². The van der Waals surface area contributed by atoms with E-state index in [0.29, 0.717) is 56.3 Å². The molecule has 0 spiro atoms. The fraction of sp³-hybridized carbons (Fsp3) is 0.571. The summed E-state index contributed by atoms with van der Waals surface area (Å²) in [6, 6.07) is 9.45. The van der Waals surface area contributed by atoms with Crippen molar-refractivity contribution in [3.63, 3.8) is 0 Å². The maximum atomic E-state index is 13.1. The second-order valence-corrected chi connectivity index (χ2v) is 10.2. The molecule has 2 aromatic rings. The Morgan fingerprint density at radius 2 is 1.87 bits per heavy atom. The van der Waals surface area contributed by atoms with E-state index in [4.69, 9.17) is 14.2 Å². The van der Waals surface area contributed by atoms with Crippen LogP contribution in [0.5, 0.6) is 11.5 Å². The summed E-state index contributed by atoms with van der Waals surface area (Å²) in [5.41, 5.74) is 1.54. The number of hydrogen-bond donors (Lipinski definition) is 0. The number of anilines is 1. The number of benzene rings is 1. The third-order valence-electron chi connectivity index (χ3n) is 7.00. The van der Waals surface area contributed by atoms with Crippen LogP contribution >= 0.6 is 0 Å². The van der Waals surface area contributed by atoms with Gasteiger partial charge in [0, 0.05) is 57.4 Å². The zero-order chi connectivity index (χ0) is 27.1. The molecule has 38 heavy (non-hydrogen) atoms. The Hall–Kier alpha value is -3.40. The highest BCUT2D eigenvalue weighted by atomic mass is 16.5. The molecule has 2 aliphatic rings. The highest BCUT2D eigenvalue weighted by Gasteiger charge is 2.28. The summed E-state index contributed by atoms with van der Waals surface area (Å²) in [6.07, 6.45) is 2.40. The van der Waals surface area contributed by atoms with Gasteiger partial charge in [-0.3, -0.25) is 9.59 Å². The molecule has 3 heterocycles. The van der Waals surface area contributed by atoms with Crippen LogP contribution in [0.1, 0.15) is 33.1 Å². The van der Waals surface area contributed by atoms with Crippen LogP contribution < -0.4 is 14.4 Å². The first-order valence-corrected chi connectivity index (χ1v) is 13.4.